The van der Waals surface area contributed by atoms with E-state index < -0.39 is 0 Å². The highest BCUT2D eigenvalue weighted by atomic mass is 16.5. The lowest BCUT2D eigenvalue weighted by Crippen LogP contribution is -2.06. The van der Waals surface area contributed by atoms with Gasteiger partial charge in [-0.3, -0.25) is 0 Å². The van der Waals surface area contributed by atoms with E-state index in [-0.39, 0.29) is 0 Å². The fourth-order valence-corrected chi connectivity index (χ4v) is 1.10. The molecule has 1 rings (SSSR count). The number of pyridine rings is 1. The van der Waals surface area contributed by atoms with E-state index in [0.29, 0.717) is 5.92 Å². The molecule has 2 heteroatoms. The summed E-state index contributed by atoms with van der Waals surface area (Å²) in [6, 6.07) is 2.09. The van der Waals surface area contributed by atoms with Gasteiger partial charge in [0.25, 0.3) is 0 Å². The summed E-state index contributed by atoms with van der Waals surface area (Å²) in [7, 11) is 0. The normalized spacial score (nSPS) is 10.5. The Balaban J connectivity index is 2.67. The van der Waals surface area contributed by atoms with Crippen molar-refractivity contribution in [3.05, 3.63) is 23.4 Å². The van der Waals surface area contributed by atoms with Gasteiger partial charge in [0, 0.05) is 11.8 Å². The molecular weight excluding hydrogens is 162 g/mol. The molecule has 0 amide bonds. The topological polar surface area (TPSA) is 22.1 Å². The van der Waals surface area contributed by atoms with Crippen molar-refractivity contribution in [3.8, 4) is 5.88 Å². The minimum Gasteiger partial charge on any atom is -0.477 e. The van der Waals surface area contributed by atoms with Crippen LogP contribution in [0.3, 0.4) is 0 Å². The van der Waals surface area contributed by atoms with Gasteiger partial charge in [0.1, 0.15) is 0 Å². The summed E-state index contributed by atoms with van der Waals surface area (Å²) in [5.41, 5.74) is 2.29. The van der Waals surface area contributed by atoms with Gasteiger partial charge in [-0.2, -0.15) is 0 Å². The van der Waals surface area contributed by atoms with Gasteiger partial charge in [-0.1, -0.05) is 13.8 Å². The molecule has 0 aromatic carbocycles. The van der Waals surface area contributed by atoms with Crippen LogP contribution >= 0.6 is 0 Å². The van der Waals surface area contributed by atoms with Crippen molar-refractivity contribution >= 4 is 0 Å². The van der Waals surface area contributed by atoms with Gasteiger partial charge in [0.2, 0.25) is 5.88 Å². The van der Waals surface area contributed by atoms with Gasteiger partial charge < -0.3 is 4.74 Å². The second-order valence-electron chi connectivity index (χ2n) is 3.84. The zero-order valence-corrected chi connectivity index (χ0v) is 8.79. The van der Waals surface area contributed by atoms with Crippen molar-refractivity contribution in [2.24, 2.45) is 5.92 Å². The third-order valence-corrected chi connectivity index (χ3v) is 1.72. The number of aromatic nitrogens is 1. The number of nitrogens with zero attached hydrogens (tertiary/aromatic N) is 1. The fourth-order valence-electron chi connectivity index (χ4n) is 1.10. The maximum Gasteiger partial charge on any atom is 0.216 e. The molecule has 0 N–H and O–H groups in total. The Bertz CT molecular complexity index is 281. The summed E-state index contributed by atoms with van der Waals surface area (Å²) in [4.78, 5) is 4.23. The molecule has 0 unspecified atom stereocenters. The van der Waals surface area contributed by atoms with Crippen molar-refractivity contribution < 1.29 is 4.74 Å². The van der Waals surface area contributed by atoms with Crippen molar-refractivity contribution in [1.82, 2.24) is 4.98 Å². The van der Waals surface area contributed by atoms with Gasteiger partial charge in [-0.15, -0.1) is 0 Å². The number of aryl methyl sites for hydroxylation is 2. The third-order valence-electron chi connectivity index (χ3n) is 1.72. The molecule has 0 saturated heterocycles. The summed E-state index contributed by atoms with van der Waals surface area (Å²) >= 11 is 0. The summed E-state index contributed by atoms with van der Waals surface area (Å²) in [6.07, 6.45) is 1.84. The van der Waals surface area contributed by atoms with E-state index in [1.807, 2.05) is 20.0 Å². The minimum absolute atomic E-state index is 0.544. The van der Waals surface area contributed by atoms with Crippen molar-refractivity contribution in [2.45, 2.75) is 27.7 Å². The quantitative estimate of drug-likeness (QED) is 0.711. The predicted octanol–water partition coefficient (Wildman–Crippen LogP) is 2.73. The van der Waals surface area contributed by atoms with E-state index in [2.05, 4.69) is 24.9 Å². The van der Waals surface area contributed by atoms with E-state index in [4.69, 9.17) is 4.74 Å². The molecule has 1 aromatic heterocycles. The molecule has 0 radical (unpaired) electrons. The SMILES string of the molecule is Cc1cnc(OCC(C)C)c(C)c1. The van der Waals surface area contributed by atoms with Crippen LogP contribution in [0.25, 0.3) is 0 Å². The van der Waals surface area contributed by atoms with E-state index in [0.717, 1.165) is 18.1 Å². The van der Waals surface area contributed by atoms with Crippen LogP contribution in [0, 0.1) is 19.8 Å². The second-order valence-corrected chi connectivity index (χ2v) is 3.84. The van der Waals surface area contributed by atoms with Crippen LogP contribution in [-0.2, 0) is 0 Å². The van der Waals surface area contributed by atoms with Crippen molar-refractivity contribution in [1.29, 1.82) is 0 Å². The first-order valence-electron chi connectivity index (χ1n) is 4.65. The Kier molecular flexibility index (Phi) is 3.29. The Labute approximate surface area is 80.0 Å². The highest BCUT2D eigenvalue weighted by molar-refractivity contribution is 5.27. The Hall–Kier alpha value is -1.05. The van der Waals surface area contributed by atoms with Crippen molar-refractivity contribution in [3.63, 3.8) is 0 Å². The fraction of sp³-hybridized carbons (Fsp3) is 0.545. The predicted molar refractivity (Wildman–Crippen MR) is 54.0 cm³/mol. The van der Waals surface area contributed by atoms with Crippen LogP contribution in [0.1, 0.15) is 25.0 Å². The van der Waals surface area contributed by atoms with E-state index in [9.17, 15) is 0 Å². The van der Waals surface area contributed by atoms with Crippen LogP contribution in [0.2, 0.25) is 0 Å². The van der Waals surface area contributed by atoms with Gasteiger partial charge >= 0.3 is 0 Å². The molecule has 13 heavy (non-hydrogen) atoms. The first-order valence-corrected chi connectivity index (χ1v) is 4.65. The molecule has 0 fully saturated rings. The second kappa shape index (κ2) is 4.26. The van der Waals surface area contributed by atoms with Crippen LogP contribution in [0.15, 0.2) is 12.3 Å². The number of hydrogen-bond acceptors (Lipinski definition) is 2. The van der Waals surface area contributed by atoms with Gasteiger partial charge in [0.15, 0.2) is 0 Å². The molecule has 0 bridgehead atoms. The highest BCUT2D eigenvalue weighted by Crippen LogP contribution is 2.15. The monoisotopic (exact) mass is 179 g/mol. The molecule has 0 aliphatic carbocycles. The molecule has 1 heterocycles. The maximum atomic E-state index is 5.54. The molecule has 0 aliphatic rings. The first kappa shape index (κ1) is 10.0. The molecule has 1 aromatic rings. The van der Waals surface area contributed by atoms with Crippen molar-refractivity contribution in [2.75, 3.05) is 6.61 Å². The van der Waals surface area contributed by atoms with Crippen LogP contribution < -0.4 is 4.74 Å². The van der Waals surface area contributed by atoms with Crippen LogP contribution in [0.5, 0.6) is 5.88 Å². The zero-order chi connectivity index (χ0) is 9.84. The average molecular weight is 179 g/mol. The van der Waals surface area contributed by atoms with E-state index in [1.54, 1.807) is 0 Å². The number of rotatable bonds is 3. The number of ether oxygens (including phenoxy) is 1. The summed E-state index contributed by atoms with van der Waals surface area (Å²) in [5, 5.41) is 0. The largest absolute Gasteiger partial charge is 0.477 e. The molecule has 0 aliphatic heterocycles. The zero-order valence-electron chi connectivity index (χ0n) is 8.79. The summed E-state index contributed by atoms with van der Waals surface area (Å²) < 4.78 is 5.54. The lowest BCUT2D eigenvalue weighted by Gasteiger charge is -2.09. The van der Waals surface area contributed by atoms with E-state index in [1.165, 1.54) is 5.56 Å². The Morgan fingerprint density at radius 3 is 2.62 bits per heavy atom. The Morgan fingerprint density at radius 1 is 1.38 bits per heavy atom. The van der Waals surface area contributed by atoms with Crippen LogP contribution in [0.4, 0.5) is 0 Å². The highest BCUT2D eigenvalue weighted by Gasteiger charge is 2.02. The van der Waals surface area contributed by atoms with E-state index >= 15 is 0 Å². The number of hydrogen-bond donors (Lipinski definition) is 0. The van der Waals surface area contributed by atoms with Crippen LogP contribution in [-0.4, -0.2) is 11.6 Å². The molecule has 0 spiro atoms. The molecule has 2 nitrogen and oxygen atoms in total. The average Bonchev–Trinajstić information content (AvgIpc) is 2.02. The van der Waals surface area contributed by atoms with Gasteiger partial charge in [-0.25, -0.2) is 4.98 Å². The summed E-state index contributed by atoms with van der Waals surface area (Å²) in [6.45, 7) is 9.05. The molecule has 0 saturated carbocycles. The molecule has 0 atom stereocenters. The Morgan fingerprint density at radius 2 is 2.08 bits per heavy atom. The smallest absolute Gasteiger partial charge is 0.216 e. The molecular formula is C11H17NO. The third kappa shape index (κ3) is 3.05. The maximum absolute atomic E-state index is 5.54. The van der Waals surface area contributed by atoms with Gasteiger partial charge in [0.05, 0.1) is 6.61 Å². The standard InChI is InChI=1S/C11H17NO/c1-8(2)7-13-11-10(4)5-9(3)6-12-11/h5-6,8H,7H2,1-4H3. The lowest BCUT2D eigenvalue weighted by molar-refractivity contribution is 0.259. The lowest BCUT2D eigenvalue weighted by atomic mass is 10.2. The minimum atomic E-state index is 0.544. The summed E-state index contributed by atoms with van der Waals surface area (Å²) in [5.74, 6) is 1.31. The first-order chi connectivity index (χ1) is 6.09. The van der Waals surface area contributed by atoms with Gasteiger partial charge in [-0.05, 0) is 31.4 Å². The molecule has 72 valence electrons.